The van der Waals surface area contributed by atoms with Crippen molar-refractivity contribution in [2.24, 2.45) is 0 Å². The van der Waals surface area contributed by atoms with E-state index in [9.17, 15) is 9.59 Å². The maximum atomic E-state index is 12.1. The number of aliphatic carboxylic acids is 1. The SMILES string of the molecule is C=CCOCC(NC(=O)c1ccc2c(c1)COC2)C(=O)O. The van der Waals surface area contributed by atoms with E-state index >= 15 is 0 Å². The number of nitrogens with one attached hydrogen (secondary N) is 1. The Labute approximate surface area is 122 Å². The van der Waals surface area contributed by atoms with E-state index in [2.05, 4.69) is 11.9 Å². The highest BCUT2D eigenvalue weighted by atomic mass is 16.5. The van der Waals surface area contributed by atoms with Gasteiger partial charge in [0.1, 0.15) is 0 Å². The highest BCUT2D eigenvalue weighted by Gasteiger charge is 2.22. The molecule has 0 saturated heterocycles. The second-order valence-corrected chi connectivity index (χ2v) is 4.67. The van der Waals surface area contributed by atoms with Crippen molar-refractivity contribution in [3.05, 3.63) is 47.5 Å². The molecule has 6 nitrogen and oxygen atoms in total. The van der Waals surface area contributed by atoms with E-state index in [1.807, 2.05) is 6.07 Å². The zero-order valence-electron chi connectivity index (χ0n) is 11.5. The summed E-state index contributed by atoms with van der Waals surface area (Å²) >= 11 is 0. The maximum Gasteiger partial charge on any atom is 0.328 e. The molecule has 0 bridgehead atoms. The van der Waals surface area contributed by atoms with Crippen molar-refractivity contribution in [1.29, 1.82) is 0 Å². The van der Waals surface area contributed by atoms with Gasteiger partial charge < -0.3 is 19.9 Å². The van der Waals surface area contributed by atoms with Gasteiger partial charge in [-0.15, -0.1) is 6.58 Å². The minimum atomic E-state index is -1.14. The third kappa shape index (κ3) is 3.90. The highest BCUT2D eigenvalue weighted by Crippen LogP contribution is 2.20. The molecule has 2 N–H and O–H groups in total. The van der Waals surface area contributed by atoms with Crippen LogP contribution in [0.1, 0.15) is 21.5 Å². The second-order valence-electron chi connectivity index (χ2n) is 4.67. The van der Waals surface area contributed by atoms with Gasteiger partial charge in [-0.1, -0.05) is 12.1 Å². The molecule has 0 fully saturated rings. The fourth-order valence-corrected chi connectivity index (χ4v) is 2.00. The molecule has 0 aromatic heterocycles. The summed E-state index contributed by atoms with van der Waals surface area (Å²) in [7, 11) is 0. The largest absolute Gasteiger partial charge is 0.480 e. The Bertz CT molecular complexity index is 555. The van der Waals surface area contributed by atoms with E-state index < -0.39 is 17.9 Å². The normalized spacial score (nSPS) is 14.3. The summed E-state index contributed by atoms with van der Waals surface area (Å²) in [4.78, 5) is 23.2. The number of amides is 1. The molecule has 0 aliphatic carbocycles. The van der Waals surface area contributed by atoms with Crippen LogP contribution in [0.3, 0.4) is 0 Å². The lowest BCUT2D eigenvalue weighted by molar-refractivity contribution is -0.140. The molecule has 0 spiro atoms. The predicted molar refractivity (Wildman–Crippen MR) is 74.8 cm³/mol. The minimum Gasteiger partial charge on any atom is -0.480 e. The van der Waals surface area contributed by atoms with Crippen molar-refractivity contribution in [3.8, 4) is 0 Å². The number of benzene rings is 1. The van der Waals surface area contributed by atoms with Gasteiger partial charge in [0, 0.05) is 5.56 Å². The van der Waals surface area contributed by atoms with E-state index in [0.29, 0.717) is 18.8 Å². The fourth-order valence-electron chi connectivity index (χ4n) is 2.00. The summed E-state index contributed by atoms with van der Waals surface area (Å²) < 4.78 is 10.4. The Morgan fingerprint density at radius 2 is 2.19 bits per heavy atom. The first-order valence-corrected chi connectivity index (χ1v) is 6.53. The Balaban J connectivity index is 2.01. The molecule has 1 unspecified atom stereocenters. The van der Waals surface area contributed by atoms with Gasteiger partial charge in [-0.25, -0.2) is 4.79 Å². The second kappa shape index (κ2) is 7.01. The third-order valence-electron chi connectivity index (χ3n) is 3.11. The van der Waals surface area contributed by atoms with Gasteiger partial charge in [-0.3, -0.25) is 4.79 Å². The minimum absolute atomic E-state index is 0.110. The van der Waals surface area contributed by atoms with Crippen LogP contribution in [0.5, 0.6) is 0 Å². The average Bonchev–Trinajstić information content (AvgIpc) is 2.93. The van der Waals surface area contributed by atoms with Gasteiger partial charge in [0.2, 0.25) is 0 Å². The van der Waals surface area contributed by atoms with Crippen LogP contribution >= 0.6 is 0 Å². The van der Waals surface area contributed by atoms with E-state index in [0.717, 1.165) is 11.1 Å². The van der Waals surface area contributed by atoms with Crippen LogP contribution < -0.4 is 5.32 Å². The first kappa shape index (κ1) is 15.2. The van der Waals surface area contributed by atoms with Gasteiger partial charge in [0.15, 0.2) is 6.04 Å². The standard InChI is InChI=1S/C15H17NO5/c1-2-5-20-9-13(15(18)19)16-14(17)10-3-4-11-7-21-8-12(11)6-10/h2-4,6,13H,1,5,7-9H2,(H,16,17)(H,18,19). The van der Waals surface area contributed by atoms with Gasteiger partial charge >= 0.3 is 5.97 Å². The van der Waals surface area contributed by atoms with Crippen LogP contribution in [0.4, 0.5) is 0 Å². The van der Waals surface area contributed by atoms with E-state index in [1.54, 1.807) is 12.1 Å². The molecule has 2 rings (SSSR count). The number of hydrogen-bond acceptors (Lipinski definition) is 4. The molecule has 1 aliphatic heterocycles. The molecule has 112 valence electrons. The zero-order chi connectivity index (χ0) is 15.2. The van der Waals surface area contributed by atoms with Crippen LogP contribution in [0.15, 0.2) is 30.9 Å². The van der Waals surface area contributed by atoms with E-state index in [1.165, 1.54) is 6.08 Å². The number of carbonyl (C=O) groups is 2. The fraction of sp³-hybridized carbons (Fsp3) is 0.333. The molecule has 6 heteroatoms. The van der Waals surface area contributed by atoms with Gasteiger partial charge in [0.25, 0.3) is 5.91 Å². The summed E-state index contributed by atoms with van der Waals surface area (Å²) in [6, 6.07) is 4.11. The molecule has 1 atom stereocenters. The number of carbonyl (C=O) groups excluding carboxylic acids is 1. The Hall–Kier alpha value is -2.18. The van der Waals surface area contributed by atoms with Crippen molar-refractivity contribution in [2.45, 2.75) is 19.3 Å². The quantitative estimate of drug-likeness (QED) is 0.580. The molecule has 21 heavy (non-hydrogen) atoms. The van der Waals surface area contributed by atoms with Gasteiger partial charge in [-0.05, 0) is 23.3 Å². The van der Waals surface area contributed by atoms with Gasteiger partial charge in [0.05, 0.1) is 26.4 Å². The third-order valence-corrected chi connectivity index (χ3v) is 3.11. The molecular weight excluding hydrogens is 274 g/mol. The topological polar surface area (TPSA) is 84.9 Å². The van der Waals surface area contributed by atoms with Crippen molar-refractivity contribution in [3.63, 3.8) is 0 Å². The smallest absolute Gasteiger partial charge is 0.328 e. The summed E-state index contributed by atoms with van der Waals surface area (Å²) in [5.41, 5.74) is 2.42. The summed E-state index contributed by atoms with van der Waals surface area (Å²) in [6.07, 6.45) is 1.52. The van der Waals surface area contributed by atoms with Crippen LogP contribution in [0, 0.1) is 0 Å². The summed E-state index contributed by atoms with van der Waals surface area (Å²) in [5.74, 6) is -1.59. The number of rotatable bonds is 7. The van der Waals surface area contributed by atoms with E-state index in [4.69, 9.17) is 14.6 Å². The monoisotopic (exact) mass is 291 g/mol. The van der Waals surface area contributed by atoms with Crippen LogP contribution in [-0.4, -0.2) is 36.2 Å². The summed E-state index contributed by atoms with van der Waals surface area (Å²) in [6.45, 7) is 4.61. The summed E-state index contributed by atoms with van der Waals surface area (Å²) in [5, 5.41) is 11.5. The van der Waals surface area contributed by atoms with Gasteiger partial charge in [-0.2, -0.15) is 0 Å². The lowest BCUT2D eigenvalue weighted by atomic mass is 10.1. The first-order chi connectivity index (χ1) is 10.1. The first-order valence-electron chi connectivity index (χ1n) is 6.53. The molecule has 0 saturated carbocycles. The molecule has 1 aromatic rings. The van der Waals surface area contributed by atoms with Crippen molar-refractivity contribution < 1.29 is 24.2 Å². The predicted octanol–water partition coefficient (Wildman–Crippen LogP) is 1.10. The Kier molecular flexibility index (Phi) is 5.08. The number of carboxylic acids is 1. The van der Waals surface area contributed by atoms with Crippen molar-refractivity contribution in [1.82, 2.24) is 5.32 Å². The maximum absolute atomic E-state index is 12.1. The number of fused-ring (bicyclic) bond motifs is 1. The van der Waals surface area contributed by atoms with Crippen LogP contribution in [0.25, 0.3) is 0 Å². The molecule has 0 radical (unpaired) electrons. The Morgan fingerprint density at radius 1 is 1.43 bits per heavy atom. The Morgan fingerprint density at radius 3 is 2.90 bits per heavy atom. The molecule has 1 aromatic carbocycles. The lowest BCUT2D eigenvalue weighted by Crippen LogP contribution is -2.44. The zero-order valence-corrected chi connectivity index (χ0v) is 11.5. The van der Waals surface area contributed by atoms with Crippen LogP contribution in [-0.2, 0) is 27.5 Å². The highest BCUT2D eigenvalue weighted by molar-refractivity contribution is 5.96. The average molecular weight is 291 g/mol. The number of carboxylic acid groups (broad SMARTS) is 1. The molecule has 1 aliphatic rings. The molecular formula is C15H17NO5. The number of ether oxygens (including phenoxy) is 2. The lowest BCUT2D eigenvalue weighted by Gasteiger charge is -2.14. The molecule has 1 amide bonds. The van der Waals surface area contributed by atoms with Crippen molar-refractivity contribution in [2.75, 3.05) is 13.2 Å². The van der Waals surface area contributed by atoms with Crippen molar-refractivity contribution >= 4 is 11.9 Å². The van der Waals surface area contributed by atoms with E-state index in [-0.39, 0.29) is 13.2 Å². The molecule has 1 heterocycles. The number of hydrogen-bond donors (Lipinski definition) is 2. The van der Waals surface area contributed by atoms with Crippen LogP contribution in [0.2, 0.25) is 0 Å².